The highest BCUT2D eigenvalue weighted by Crippen LogP contribution is 2.26. The summed E-state index contributed by atoms with van der Waals surface area (Å²) in [7, 11) is 0. The number of halogens is 1. The van der Waals surface area contributed by atoms with Gasteiger partial charge in [0, 0.05) is 31.4 Å². The van der Waals surface area contributed by atoms with E-state index in [1.165, 1.54) is 44.4 Å². The SMILES string of the molecule is O=C(NC1CCN(CC2CCCC2)CC1)c1cncn1-c1ccc(F)cc1. The number of nitrogens with one attached hydrogen (secondary N) is 1. The average Bonchev–Trinajstić information content (AvgIpc) is 3.36. The van der Waals surface area contributed by atoms with Crippen molar-refractivity contribution in [2.75, 3.05) is 19.6 Å². The van der Waals surface area contributed by atoms with E-state index in [1.807, 2.05) is 0 Å². The molecule has 5 nitrogen and oxygen atoms in total. The second kappa shape index (κ2) is 8.21. The second-order valence-electron chi connectivity index (χ2n) is 7.82. The fourth-order valence-electron chi connectivity index (χ4n) is 4.35. The van der Waals surface area contributed by atoms with Crippen molar-refractivity contribution in [1.29, 1.82) is 0 Å². The number of rotatable bonds is 5. The Morgan fingerprint density at radius 3 is 2.52 bits per heavy atom. The van der Waals surface area contributed by atoms with E-state index in [0.717, 1.165) is 37.5 Å². The quantitative estimate of drug-likeness (QED) is 0.878. The molecule has 1 saturated heterocycles. The van der Waals surface area contributed by atoms with Crippen LogP contribution >= 0.6 is 0 Å². The minimum atomic E-state index is -0.297. The van der Waals surface area contributed by atoms with E-state index in [-0.39, 0.29) is 17.8 Å². The third-order valence-corrected chi connectivity index (χ3v) is 5.89. The minimum absolute atomic E-state index is 0.119. The van der Waals surface area contributed by atoms with Crippen LogP contribution in [-0.4, -0.2) is 46.0 Å². The lowest BCUT2D eigenvalue weighted by molar-refractivity contribution is 0.0899. The van der Waals surface area contributed by atoms with Crippen molar-refractivity contribution in [2.24, 2.45) is 5.92 Å². The molecule has 6 heteroatoms. The van der Waals surface area contributed by atoms with Gasteiger partial charge in [0.15, 0.2) is 0 Å². The fraction of sp³-hybridized carbons (Fsp3) is 0.524. The van der Waals surface area contributed by atoms with Crippen LogP contribution in [0, 0.1) is 11.7 Å². The Bertz CT molecular complexity index is 759. The first-order valence-electron chi connectivity index (χ1n) is 10.0. The molecule has 27 heavy (non-hydrogen) atoms. The van der Waals surface area contributed by atoms with Crippen LogP contribution in [0.25, 0.3) is 5.69 Å². The molecule has 1 saturated carbocycles. The van der Waals surface area contributed by atoms with E-state index < -0.39 is 0 Å². The molecular weight excluding hydrogens is 343 g/mol. The molecule has 1 aliphatic heterocycles. The average molecular weight is 370 g/mol. The van der Waals surface area contributed by atoms with Crippen LogP contribution in [0.1, 0.15) is 49.0 Å². The number of likely N-dealkylation sites (tertiary alicyclic amines) is 1. The Morgan fingerprint density at radius 2 is 1.81 bits per heavy atom. The zero-order valence-electron chi connectivity index (χ0n) is 15.6. The first-order valence-corrected chi connectivity index (χ1v) is 10.0. The topological polar surface area (TPSA) is 50.2 Å². The second-order valence-corrected chi connectivity index (χ2v) is 7.82. The predicted octanol–water partition coefficient (Wildman–Crippen LogP) is 3.40. The fourth-order valence-corrected chi connectivity index (χ4v) is 4.35. The van der Waals surface area contributed by atoms with Gasteiger partial charge in [-0.2, -0.15) is 0 Å². The molecule has 0 spiro atoms. The number of benzene rings is 1. The Hall–Kier alpha value is -2.21. The zero-order valence-corrected chi connectivity index (χ0v) is 15.6. The Balaban J connectivity index is 1.32. The smallest absolute Gasteiger partial charge is 0.270 e. The lowest BCUT2D eigenvalue weighted by atomic mass is 10.0. The van der Waals surface area contributed by atoms with Crippen LogP contribution < -0.4 is 5.32 Å². The molecular formula is C21H27FN4O. The summed E-state index contributed by atoms with van der Waals surface area (Å²) in [6.07, 6.45) is 10.7. The zero-order chi connectivity index (χ0) is 18.6. The number of hydrogen-bond donors (Lipinski definition) is 1. The number of piperidine rings is 1. The molecule has 1 N–H and O–H groups in total. The van der Waals surface area contributed by atoms with Crippen LogP contribution in [0.4, 0.5) is 4.39 Å². The monoisotopic (exact) mass is 370 g/mol. The summed E-state index contributed by atoms with van der Waals surface area (Å²) in [5, 5.41) is 3.16. The summed E-state index contributed by atoms with van der Waals surface area (Å²) in [5.41, 5.74) is 1.21. The van der Waals surface area contributed by atoms with Crippen LogP contribution in [-0.2, 0) is 0 Å². The third-order valence-electron chi connectivity index (χ3n) is 5.89. The van der Waals surface area contributed by atoms with Gasteiger partial charge >= 0.3 is 0 Å². The molecule has 2 aliphatic rings. The molecule has 1 aromatic heterocycles. The molecule has 144 valence electrons. The van der Waals surface area contributed by atoms with E-state index in [9.17, 15) is 9.18 Å². The molecule has 1 amide bonds. The van der Waals surface area contributed by atoms with Crippen LogP contribution in [0.3, 0.4) is 0 Å². The van der Waals surface area contributed by atoms with Crippen molar-refractivity contribution in [1.82, 2.24) is 19.8 Å². The van der Waals surface area contributed by atoms with Gasteiger partial charge in [-0.15, -0.1) is 0 Å². The Kier molecular flexibility index (Phi) is 5.53. The molecule has 0 atom stereocenters. The third kappa shape index (κ3) is 4.38. The number of imidazole rings is 1. The number of amides is 1. The highest BCUT2D eigenvalue weighted by atomic mass is 19.1. The lowest BCUT2D eigenvalue weighted by Crippen LogP contribution is -2.45. The molecule has 1 aromatic carbocycles. The predicted molar refractivity (Wildman–Crippen MR) is 102 cm³/mol. The summed E-state index contributed by atoms with van der Waals surface area (Å²) in [5.74, 6) is 0.460. The summed E-state index contributed by atoms with van der Waals surface area (Å²) in [4.78, 5) is 19.4. The number of aromatic nitrogens is 2. The Labute approximate surface area is 159 Å². The standard InChI is InChI=1S/C21H27FN4O/c22-17-5-7-19(8-6-17)26-15-23-13-20(26)21(27)24-18-9-11-25(12-10-18)14-16-3-1-2-4-16/h5-8,13,15-16,18H,1-4,9-12,14H2,(H,24,27). The molecule has 2 heterocycles. The summed E-state index contributed by atoms with van der Waals surface area (Å²) in [6.45, 7) is 3.33. The summed E-state index contributed by atoms with van der Waals surface area (Å²) in [6, 6.07) is 6.27. The van der Waals surface area contributed by atoms with Gasteiger partial charge in [0.1, 0.15) is 11.5 Å². The molecule has 4 rings (SSSR count). The van der Waals surface area contributed by atoms with Crippen LogP contribution in [0.2, 0.25) is 0 Å². The van der Waals surface area contributed by atoms with E-state index in [1.54, 1.807) is 29.2 Å². The normalized spacial score (nSPS) is 19.4. The summed E-state index contributed by atoms with van der Waals surface area (Å²) >= 11 is 0. The molecule has 0 unspecified atom stereocenters. The van der Waals surface area contributed by atoms with Gasteiger partial charge in [-0.1, -0.05) is 12.8 Å². The molecule has 1 aliphatic carbocycles. The van der Waals surface area contributed by atoms with Crippen molar-refractivity contribution >= 4 is 5.91 Å². The van der Waals surface area contributed by atoms with Gasteiger partial charge in [0.25, 0.3) is 5.91 Å². The van der Waals surface area contributed by atoms with Crippen LogP contribution in [0.5, 0.6) is 0 Å². The van der Waals surface area contributed by atoms with Crippen molar-refractivity contribution in [2.45, 2.75) is 44.6 Å². The highest BCUT2D eigenvalue weighted by Gasteiger charge is 2.25. The van der Waals surface area contributed by atoms with E-state index >= 15 is 0 Å². The Morgan fingerprint density at radius 1 is 1.11 bits per heavy atom. The maximum Gasteiger partial charge on any atom is 0.270 e. The number of hydrogen-bond acceptors (Lipinski definition) is 3. The van der Waals surface area contributed by atoms with Crippen molar-refractivity contribution in [3.05, 3.63) is 48.3 Å². The number of carbonyl (C=O) groups is 1. The molecule has 0 radical (unpaired) electrons. The van der Waals surface area contributed by atoms with E-state index in [0.29, 0.717) is 5.69 Å². The van der Waals surface area contributed by atoms with Crippen molar-refractivity contribution in [3.8, 4) is 5.69 Å². The van der Waals surface area contributed by atoms with Gasteiger partial charge in [-0.3, -0.25) is 9.36 Å². The van der Waals surface area contributed by atoms with E-state index in [2.05, 4.69) is 15.2 Å². The maximum absolute atomic E-state index is 13.1. The van der Waals surface area contributed by atoms with Crippen molar-refractivity contribution in [3.63, 3.8) is 0 Å². The summed E-state index contributed by atoms with van der Waals surface area (Å²) < 4.78 is 14.8. The van der Waals surface area contributed by atoms with Gasteiger partial charge < -0.3 is 10.2 Å². The first kappa shape index (κ1) is 18.2. The number of carbonyl (C=O) groups excluding carboxylic acids is 1. The molecule has 2 fully saturated rings. The van der Waals surface area contributed by atoms with E-state index in [4.69, 9.17) is 0 Å². The van der Waals surface area contributed by atoms with Gasteiger partial charge in [0.05, 0.1) is 12.5 Å². The van der Waals surface area contributed by atoms with Crippen LogP contribution in [0.15, 0.2) is 36.8 Å². The minimum Gasteiger partial charge on any atom is -0.348 e. The highest BCUT2D eigenvalue weighted by molar-refractivity contribution is 5.93. The maximum atomic E-state index is 13.1. The van der Waals surface area contributed by atoms with Crippen molar-refractivity contribution < 1.29 is 9.18 Å². The first-order chi connectivity index (χ1) is 13.2. The number of nitrogens with zero attached hydrogens (tertiary/aromatic N) is 3. The molecule has 0 bridgehead atoms. The van der Waals surface area contributed by atoms with Gasteiger partial charge in [-0.25, -0.2) is 9.37 Å². The van der Waals surface area contributed by atoms with Gasteiger partial charge in [-0.05, 0) is 55.9 Å². The van der Waals surface area contributed by atoms with Gasteiger partial charge in [0.2, 0.25) is 0 Å². The lowest BCUT2D eigenvalue weighted by Gasteiger charge is -2.33. The largest absolute Gasteiger partial charge is 0.348 e. The molecule has 2 aromatic rings.